The zero-order valence-electron chi connectivity index (χ0n) is 18.0. The van der Waals surface area contributed by atoms with Gasteiger partial charge in [-0.2, -0.15) is 0 Å². The predicted octanol–water partition coefficient (Wildman–Crippen LogP) is 1.70. The summed E-state index contributed by atoms with van der Waals surface area (Å²) >= 11 is 0. The van der Waals surface area contributed by atoms with Gasteiger partial charge in [0.1, 0.15) is 17.3 Å². The van der Waals surface area contributed by atoms with E-state index < -0.39 is 16.1 Å². The summed E-state index contributed by atoms with van der Waals surface area (Å²) in [7, 11) is -1.36. The molecule has 32 heavy (non-hydrogen) atoms. The van der Waals surface area contributed by atoms with Crippen molar-refractivity contribution in [1.82, 2.24) is 15.4 Å². The molecule has 0 radical (unpaired) electrons. The topological polar surface area (TPSA) is 123 Å². The minimum atomic E-state index is -4.17. The molecule has 0 heterocycles. The molecule has 0 spiro atoms. The first kappa shape index (κ1) is 24.9. The SMILES string of the molecule is CNC(=O)NS(=O)(=O)c1cc(CCNC(=O)C=Cc2ccccc2)ccc1OCCOC. The number of benzene rings is 2. The van der Waals surface area contributed by atoms with Gasteiger partial charge in [-0.1, -0.05) is 36.4 Å². The molecule has 0 unspecified atom stereocenters. The molecule has 0 saturated carbocycles. The van der Waals surface area contributed by atoms with Gasteiger partial charge in [-0.15, -0.1) is 0 Å². The van der Waals surface area contributed by atoms with Crippen molar-refractivity contribution in [1.29, 1.82) is 0 Å². The van der Waals surface area contributed by atoms with Crippen LogP contribution in [0.3, 0.4) is 0 Å². The van der Waals surface area contributed by atoms with Gasteiger partial charge in [-0.3, -0.25) is 4.79 Å². The molecule has 3 amide bonds. The summed E-state index contributed by atoms with van der Waals surface area (Å²) in [6.45, 7) is 0.707. The van der Waals surface area contributed by atoms with Crippen molar-refractivity contribution in [3.63, 3.8) is 0 Å². The minimum Gasteiger partial charge on any atom is -0.490 e. The molecular formula is C22H27N3O6S. The Labute approximate surface area is 187 Å². The van der Waals surface area contributed by atoms with Crippen molar-refractivity contribution in [2.24, 2.45) is 0 Å². The number of methoxy groups -OCH3 is 1. The third kappa shape index (κ3) is 8.05. The second kappa shape index (κ2) is 12.5. The quantitative estimate of drug-likeness (QED) is 0.346. The van der Waals surface area contributed by atoms with Gasteiger partial charge in [0.2, 0.25) is 5.91 Å². The van der Waals surface area contributed by atoms with E-state index in [0.29, 0.717) is 18.5 Å². The summed E-state index contributed by atoms with van der Waals surface area (Å²) in [4.78, 5) is 23.4. The highest BCUT2D eigenvalue weighted by Crippen LogP contribution is 2.25. The Morgan fingerprint density at radius 2 is 1.81 bits per heavy atom. The molecule has 0 bridgehead atoms. The summed E-state index contributed by atoms with van der Waals surface area (Å²) in [5, 5.41) is 4.96. The van der Waals surface area contributed by atoms with E-state index >= 15 is 0 Å². The van der Waals surface area contributed by atoms with Gasteiger partial charge < -0.3 is 20.1 Å². The largest absolute Gasteiger partial charge is 0.490 e. The van der Waals surface area contributed by atoms with Gasteiger partial charge in [0, 0.05) is 26.8 Å². The minimum absolute atomic E-state index is 0.0945. The first-order valence-corrected chi connectivity index (χ1v) is 11.3. The Hall–Kier alpha value is -3.37. The highest BCUT2D eigenvalue weighted by molar-refractivity contribution is 7.90. The third-order valence-electron chi connectivity index (χ3n) is 4.24. The molecule has 10 heteroatoms. The summed E-state index contributed by atoms with van der Waals surface area (Å²) < 4.78 is 37.6. The Bertz CT molecular complexity index is 1040. The molecule has 0 aliphatic heterocycles. The lowest BCUT2D eigenvalue weighted by Gasteiger charge is -2.14. The highest BCUT2D eigenvalue weighted by Gasteiger charge is 2.22. The van der Waals surface area contributed by atoms with Crippen molar-refractivity contribution in [3.05, 3.63) is 65.7 Å². The molecule has 0 fully saturated rings. The van der Waals surface area contributed by atoms with Gasteiger partial charge in [0.15, 0.2) is 0 Å². The van der Waals surface area contributed by atoms with Crippen LogP contribution >= 0.6 is 0 Å². The van der Waals surface area contributed by atoms with Crippen molar-refractivity contribution in [2.45, 2.75) is 11.3 Å². The average molecular weight is 462 g/mol. The second-order valence-corrected chi connectivity index (χ2v) is 8.24. The normalized spacial score (nSPS) is 11.2. The number of hydrogen-bond donors (Lipinski definition) is 3. The predicted molar refractivity (Wildman–Crippen MR) is 121 cm³/mol. The molecule has 0 saturated heterocycles. The number of nitrogens with one attached hydrogen (secondary N) is 3. The molecule has 9 nitrogen and oxygen atoms in total. The van der Waals surface area contributed by atoms with E-state index in [1.165, 1.54) is 32.4 Å². The number of carbonyl (C=O) groups is 2. The van der Waals surface area contributed by atoms with Crippen LogP contribution < -0.4 is 20.1 Å². The number of ether oxygens (including phenoxy) is 2. The standard InChI is InChI=1S/C22H27N3O6S/c1-23-22(27)25-32(28,29)20-16-18(8-10-19(20)31-15-14-30-2)12-13-24-21(26)11-9-17-6-4-3-5-7-17/h3-11,16H,12-15H2,1-2H3,(H,24,26)(H2,23,25,27). The van der Waals surface area contributed by atoms with Crippen molar-refractivity contribution in [2.75, 3.05) is 33.9 Å². The van der Waals surface area contributed by atoms with E-state index in [1.807, 2.05) is 35.1 Å². The zero-order valence-corrected chi connectivity index (χ0v) is 18.8. The lowest BCUT2D eigenvalue weighted by atomic mass is 10.1. The maximum absolute atomic E-state index is 12.6. The summed E-state index contributed by atoms with van der Waals surface area (Å²) in [5.74, 6) is -0.167. The summed E-state index contributed by atoms with van der Waals surface area (Å²) in [6, 6.07) is 13.2. The van der Waals surface area contributed by atoms with Crippen LogP contribution in [0, 0.1) is 0 Å². The molecule has 172 valence electrons. The van der Waals surface area contributed by atoms with E-state index in [9.17, 15) is 18.0 Å². The number of carbonyl (C=O) groups excluding carboxylic acids is 2. The van der Waals surface area contributed by atoms with Gasteiger partial charge in [-0.05, 0) is 35.8 Å². The van der Waals surface area contributed by atoms with Crippen LogP contribution in [-0.2, 0) is 26.0 Å². The molecule has 2 aromatic rings. The monoisotopic (exact) mass is 461 g/mol. The molecule has 0 aliphatic rings. The molecule has 3 N–H and O–H groups in total. The van der Waals surface area contributed by atoms with Crippen LogP contribution in [0.15, 0.2) is 59.5 Å². The van der Waals surface area contributed by atoms with Crippen LogP contribution in [0.25, 0.3) is 6.08 Å². The Morgan fingerprint density at radius 3 is 2.50 bits per heavy atom. The molecule has 0 aromatic heterocycles. The smallest absolute Gasteiger partial charge is 0.328 e. The Morgan fingerprint density at radius 1 is 1.06 bits per heavy atom. The van der Waals surface area contributed by atoms with Crippen LogP contribution in [0.2, 0.25) is 0 Å². The number of sulfonamides is 1. The zero-order chi connectivity index (χ0) is 23.4. The number of urea groups is 1. The van der Waals surface area contributed by atoms with Crippen LogP contribution in [0.1, 0.15) is 11.1 Å². The highest BCUT2D eigenvalue weighted by atomic mass is 32.2. The van der Waals surface area contributed by atoms with E-state index in [-0.39, 0.29) is 29.8 Å². The molecule has 2 rings (SSSR count). The van der Waals surface area contributed by atoms with E-state index in [1.54, 1.807) is 12.1 Å². The fourth-order valence-corrected chi connectivity index (χ4v) is 3.78. The molecule has 0 atom stereocenters. The van der Waals surface area contributed by atoms with Crippen LogP contribution in [-0.4, -0.2) is 54.3 Å². The molecule has 0 aliphatic carbocycles. The number of rotatable bonds is 11. The van der Waals surface area contributed by atoms with Crippen LogP contribution in [0.4, 0.5) is 4.79 Å². The van der Waals surface area contributed by atoms with Gasteiger partial charge in [-0.25, -0.2) is 17.9 Å². The Kier molecular flexibility index (Phi) is 9.71. The van der Waals surface area contributed by atoms with Crippen molar-refractivity contribution in [3.8, 4) is 5.75 Å². The maximum Gasteiger partial charge on any atom is 0.328 e. The average Bonchev–Trinajstić information content (AvgIpc) is 2.79. The summed E-state index contributed by atoms with van der Waals surface area (Å²) in [6.07, 6.45) is 3.52. The van der Waals surface area contributed by atoms with Gasteiger partial charge in [0.25, 0.3) is 10.0 Å². The number of hydrogen-bond acceptors (Lipinski definition) is 6. The lowest BCUT2D eigenvalue weighted by Crippen LogP contribution is -2.37. The van der Waals surface area contributed by atoms with Gasteiger partial charge >= 0.3 is 6.03 Å². The second-order valence-electron chi connectivity index (χ2n) is 6.59. The van der Waals surface area contributed by atoms with Crippen molar-refractivity contribution < 1.29 is 27.5 Å². The fourth-order valence-electron chi connectivity index (χ4n) is 2.63. The number of amides is 3. The van der Waals surface area contributed by atoms with Crippen LogP contribution in [0.5, 0.6) is 5.75 Å². The van der Waals surface area contributed by atoms with E-state index in [2.05, 4.69) is 10.6 Å². The third-order valence-corrected chi connectivity index (χ3v) is 5.59. The first-order valence-electron chi connectivity index (χ1n) is 9.86. The first-order chi connectivity index (χ1) is 15.4. The van der Waals surface area contributed by atoms with Crippen molar-refractivity contribution >= 4 is 28.0 Å². The molecule has 2 aromatic carbocycles. The van der Waals surface area contributed by atoms with E-state index in [4.69, 9.17) is 9.47 Å². The van der Waals surface area contributed by atoms with E-state index in [0.717, 1.165) is 5.56 Å². The maximum atomic E-state index is 12.6. The molecular weight excluding hydrogens is 434 g/mol. The fraction of sp³-hybridized carbons (Fsp3) is 0.273. The Balaban J connectivity index is 2.07. The van der Waals surface area contributed by atoms with Gasteiger partial charge in [0.05, 0.1) is 6.61 Å². The lowest BCUT2D eigenvalue weighted by molar-refractivity contribution is -0.116. The summed E-state index contributed by atoms with van der Waals surface area (Å²) in [5.41, 5.74) is 1.55.